The van der Waals surface area contributed by atoms with E-state index in [-0.39, 0.29) is 16.9 Å². The summed E-state index contributed by atoms with van der Waals surface area (Å²) in [5.41, 5.74) is 2.38. The largest absolute Gasteiger partial charge is 0.416 e. The van der Waals surface area contributed by atoms with E-state index in [2.05, 4.69) is 32.1 Å². The van der Waals surface area contributed by atoms with Gasteiger partial charge in [0.1, 0.15) is 23.5 Å². The molecule has 0 saturated carbocycles. The average molecular weight is 544 g/mol. The van der Waals surface area contributed by atoms with E-state index in [1.54, 1.807) is 58.2 Å². The van der Waals surface area contributed by atoms with Crippen molar-refractivity contribution in [3.8, 4) is 17.5 Å². The molecule has 0 unspecified atom stereocenters. The van der Waals surface area contributed by atoms with Gasteiger partial charge in [0.25, 0.3) is 5.91 Å². The lowest BCUT2D eigenvalue weighted by atomic mass is 10.0. The minimum absolute atomic E-state index is 0.00534. The third kappa shape index (κ3) is 5.72. The highest BCUT2D eigenvalue weighted by molar-refractivity contribution is 6.04. The van der Waals surface area contributed by atoms with Crippen molar-refractivity contribution >= 4 is 17.2 Å². The number of aryl methyl sites for hydroxylation is 1. The van der Waals surface area contributed by atoms with Crippen LogP contribution in [0.4, 0.5) is 18.9 Å². The summed E-state index contributed by atoms with van der Waals surface area (Å²) in [6.45, 7) is 2.28. The minimum atomic E-state index is -4.61. The van der Waals surface area contributed by atoms with Crippen LogP contribution in [-0.2, 0) is 12.7 Å². The summed E-state index contributed by atoms with van der Waals surface area (Å²) >= 11 is 0. The Labute approximate surface area is 228 Å². The smallest absolute Gasteiger partial charge is 0.322 e. The Bertz CT molecular complexity index is 1770. The highest BCUT2D eigenvalue weighted by atomic mass is 19.4. The summed E-state index contributed by atoms with van der Waals surface area (Å²) in [4.78, 5) is 27.7. The third-order valence-corrected chi connectivity index (χ3v) is 6.10. The zero-order chi connectivity index (χ0) is 28.4. The van der Waals surface area contributed by atoms with Gasteiger partial charge in [-0.05, 0) is 68.9 Å². The molecule has 0 radical (unpaired) electrons. The monoisotopic (exact) mass is 543 g/mol. The minimum Gasteiger partial charge on any atom is -0.322 e. The van der Waals surface area contributed by atoms with Crippen molar-refractivity contribution < 1.29 is 18.0 Å². The topological polar surface area (TPSA) is 80.3 Å². The van der Waals surface area contributed by atoms with E-state index in [1.807, 2.05) is 25.9 Å². The summed E-state index contributed by atoms with van der Waals surface area (Å²) in [5.74, 6) is 6.11. The molecule has 3 aromatic heterocycles. The van der Waals surface area contributed by atoms with E-state index in [9.17, 15) is 18.0 Å². The number of rotatable bonds is 5. The first-order valence-electron chi connectivity index (χ1n) is 12.2. The van der Waals surface area contributed by atoms with Gasteiger partial charge in [-0.3, -0.25) is 9.20 Å². The second kappa shape index (κ2) is 10.7. The second-order valence-electron chi connectivity index (χ2n) is 9.40. The maximum Gasteiger partial charge on any atom is 0.416 e. The van der Waals surface area contributed by atoms with Crippen LogP contribution in [0.3, 0.4) is 0 Å². The molecule has 1 N–H and O–H groups in total. The molecule has 0 bridgehead atoms. The van der Waals surface area contributed by atoms with Gasteiger partial charge in [-0.25, -0.2) is 15.0 Å². The highest BCUT2D eigenvalue weighted by Gasteiger charge is 2.32. The molecule has 0 fully saturated rings. The van der Waals surface area contributed by atoms with Gasteiger partial charge in [0.15, 0.2) is 0 Å². The summed E-state index contributed by atoms with van der Waals surface area (Å²) < 4.78 is 44.7. The first-order chi connectivity index (χ1) is 19.1. The summed E-state index contributed by atoms with van der Waals surface area (Å²) in [6, 6.07) is 10.2. The number of nitrogens with zero attached hydrogens (tertiary/aromatic N) is 6. The molecule has 8 nitrogen and oxygen atoms in total. The van der Waals surface area contributed by atoms with Crippen molar-refractivity contribution in [3.63, 3.8) is 0 Å². The number of halogens is 3. The fraction of sp³-hybridized carbons (Fsp3) is 0.172. The van der Waals surface area contributed by atoms with Gasteiger partial charge in [-0.2, -0.15) is 13.2 Å². The molecule has 0 saturated heterocycles. The Kier molecular flexibility index (Phi) is 7.11. The van der Waals surface area contributed by atoms with E-state index in [1.165, 1.54) is 12.3 Å². The van der Waals surface area contributed by atoms with Gasteiger partial charge in [0.2, 0.25) is 0 Å². The van der Waals surface area contributed by atoms with Crippen LogP contribution in [-0.4, -0.2) is 48.8 Å². The number of anilines is 1. The van der Waals surface area contributed by atoms with Crippen LogP contribution in [0.1, 0.15) is 38.6 Å². The molecule has 5 aromatic rings. The van der Waals surface area contributed by atoms with Crippen molar-refractivity contribution in [1.82, 2.24) is 28.8 Å². The molecule has 0 aliphatic heterocycles. The van der Waals surface area contributed by atoms with Crippen molar-refractivity contribution in [2.75, 3.05) is 19.4 Å². The number of aromatic nitrogens is 5. The molecular weight excluding hydrogens is 519 g/mol. The van der Waals surface area contributed by atoms with Crippen molar-refractivity contribution in [1.29, 1.82) is 0 Å². The van der Waals surface area contributed by atoms with Gasteiger partial charge in [0, 0.05) is 41.1 Å². The fourth-order valence-corrected chi connectivity index (χ4v) is 4.11. The molecule has 0 spiro atoms. The van der Waals surface area contributed by atoms with Crippen LogP contribution >= 0.6 is 0 Å². The van der Waals surface area contributed by atoms with Crippen LogP contribution < -0.4 is 5.32 Å². The molecule has 40 heavy (non-hydrogen) atoms. The zero-order valence-corrected chi connectivity index (χ0v) is 21.9. The van der Waals surface area contributed by atoms with Crippen LogP contribution in [0.25, 0.3) is 11.3 Å². The van der Waals surface area contributed by atoms with Crippen LogP contribution in [0.15, 0.2) is 73.6 Å². The lowest BCUT2D eigenvalue weighted by Crippen LogP contribution is -2.16. The number of hydrogen-bond donors (Lipinski definition) is 1. The first kappa shape index (κ1) is 26.6. The zero-order valence-electron chi connectivity index (χ0n) is 21.9. The van der Waals surface area contributed by atoms with Gasteiger partial charge >= 0.3 is 6.18 Å². The molecule has 1 amide bonds. The Balaban J connectivity index is 1.45. The summed E-state index contributed by atoms with van der Waals surface area (Å²) in [5, 5.41) is 2.62. The van der Waals surface area contributed by atoms with E-state index < -0.39 is 17.6 Å². The van der Waals surface area contributed by atoms with Crippen molar-refractivity contribution in [2.45, 2.75) is 19.6 Å². The lowest BCUT2D eigenvalue weighted by Gasteiger charge is -2.16. The quantitative estimate of drug-likeness (QED) is 0.317. The molecule has 5 rings (SSSR count). The lowest BCUT2D eigenvalue weighted by molar-refractivity contribution is -0.137. The normalized spacial score (nSPS) is 11.5. The fourth-order valence-electron chi connectivity index (χ4n) is 4.11. The number of amides is 1. The van der Waals surface area contributed by atoms with Crippen molar-refractivity contribution in [3.05, 3.63) is 107 Å². The maximum atomic E-state index is 13.8. The number of hydrogen-bond acceptors (Lipinski definition) is 5. The second-order valence-corrected chi connectivity index (χ2v) is 9.40. The Morgan fingerprint density at radius 2 is 1.88 bits per heavy atom. The Morgan fingerprint density at radius 3 is 2.65 bits per heavy atom. The molecule has 3 heterocycles. The number of carbonyl (C=O) groups is 1. The van der Waals surface area contributed by atoms with E-state index in [0.29, 0.717) is 29.3 Å². The molecule has 11 heteroatoms. The molecular formula is C29H24F3N7O. The van der Waals surface area contributed by atoms with E-state index >= 15 is 0 Å². The predicted octanol–water partition coefficient (Wildman–Crippen LogP) is 4.96. The number of alkyl halides is 3. The number of nitrogens with one attached hydrogen (secondary N) is 1. The van der Waals surface area contributed by atoms with Gasteiger partial charge in [0.05, 0.1) is 18.3 Å². The molecule has 0 atom stereocenters. The molecule has 0 aliphatic carbocycles. The Hall–Kier alpha value is -4.95. The standard InChI is InChI=1S/C29H24F3N7O/c1-19-4-5-21(12-20(19)6-7-24-16-35-26-8-9-33-18-39(24)26)28(40)36-23-13-22(29(30,31)32)14-25(15-23)38-11-10-34-27(38)17-37(2)3/h4-5,8-16,18H,17H2,1-3H3,(H,36,40). The van der Waals surface area contributed by atoms with Gasteiger partial charge in [-0.1, -0.05) is 12.0 Å². The van der Waals surface area contributed by atoms with Gasteiger partial charge < -0.3 is 14.8 Å². The average Bonchev–Trinajstić information content (AvgIpc) is 3.54. The maximum absolute atomic E-state index is 13.8. The summed E-state index contributed by atoms with van der Waals surface area (Å²) in [6.07, 6.45) is 3.38. The van der Waals surface area contributed by atoms with Crippen LogP contribution in [0.5, 0.6) is 0 Å². The SMILES string of the molecule is Cc1ccc(C(=O)Nc2cc(-n3ccnc3CN(C)C)cc(C(F)(F)F)c2)cc1C#Cc1cnc2ccncn12. The molecule has 2 aromatic carbocycles. The number of fused-ring (bicyclic) bond motifs is 1. The van der Waals surface area contributed by atoms with Crippen LogP contribution in [0, 0.1) is 18.8 Å². The first-order valence-corrected chi connectivity index (χ1v) is 12.2. The van der Waals surface area contributed by atoms with Gasteiger partial charge in [-0.15, -0.1) is 0 Å². The van der Waals surface area contributed by atoms with Crippen LogP contribution in [0.2, 0.25) is 0 Å². The molecule has 202 valence electrons. The summed E-state index contributed by atoms with van der Waals surface area (Å²) in [7, 11) is 3.68. The number of carbonyl (C=O) groups excluding carboxylic acids is 1. The van der Waals surface area contributed by atoms with E-state index in [0.717, 1.165) is 17.7 Å². The Morgan fingerprint density at radius 1 is 1.05 bits per heavy atom. The van der Waals surface area contributed by atoms with E-state index in [4.69, 9.17) is 0 Å². The predicted molar refractivity (Wildman–Crippen MR) is 144 cm³/mol. The number of benzene rings is 2. The molecule has 0 aliphatic rings. The third-order valence-electron chi connectivity index (χ3n) is 6.10. The number of imidazole rings is 2. The highest BCUT2D eigenvalue weighted by Crippen LogP contribution is 2.33. The van der Waals surface area contributed by atoms with Crippen molar-refractivity contribution in [2.24, 2.45) is 0 Å².